The standard InChI is InChI=1S/C8H15N3S/c1-8(2,3)6(10)5(4-9)7(11)12/h4,9H,10H2,1-3H3,(H2,11,12)/b6-5+,9-4?. The number of hydrogen-bond donors (Lipinski definition) is 3. The Morgan fingerprint density at radius 2 is 1.75 bits per heavy atom. The molecule has 5 N–H and O–H groups in total. The summed E-state index contributed by atoms with van der Waals surface area (Å²) < 4.78 is 0. The van der Waals surface area contributed by atoms with Crippen molar-refractivity contribution in [1.29, 1.82) is 5.41 Å². The predicted octanol–water partition coefficient (Wildman–Crippen LogP) is 1.18. The summed E-state index contributed by atoms with van der Waals surface area (Å²) in [5.74, 6) is 0. The lowest BCUT2D eigenvalue weighted by Gasteiger charge is -2.21. The van der Waals surface area contributed by atoms with Crippen LogP contribution in [0.1, 0.15) is 20.8 Å². The SMILES string of the molecule is CC(C)(C)/C(N)=C(/C=N)C(N)=S. The minimum Gasteiger partial charge on any atom is -0.401 e. The van der Waals surface area contributed by atoms with Crippen molar-refractivity contribution in [2.24, 2.45) is 16.9 Å². The highest BCUT2D eigenvalue weighted by Crippen LogP contribution is 2.22. The van der Waals surface area contributed by atoms with Gasteiger partial charge in [-0.15, -0.1) is 0 Å². The van der Waals surface area contributed by atoms with Gasteiger partial charge in [-0.2, -0.15) is 0 Å². The molecule has 0 aliphatic rings. The topological polar surface area (TPSA) is 75.9 Å². The molecule has 0 aliphatic carbocycles. The first-order valence-corrected chi connectivity index (χ1v) is 4.02. The van der Waals surface area contributed by atoms with Gasteiger partial charge in [-0.05, 0) is 0 Å². The van der Waals surface area contributed by atoms with Crippen LogP contribution in [0.3, 0.4) is 0 Å². The molecular formula is C8H15N3S. The average Bonchev–Trinajstić information content (AvgIpc) is 1.86. The van der Waals surface area contributed by atoms with E-state index in [1.165, 1.54) is 0 Å². The van der Waals surface area contributed by atoms with Gasteiger partial charge in [0.25, 0.3) is 0 Å². The highest BCUT2D eigenvalue weighted by molar-refractivity contribution is 7.80. The first-order chi connectivity index (χ1) is 5.30. The van der Waals surface area contributed by atoms with Crippen molar-refractivity contribution in [2.75, 3.05) is 0 Å². The molecule has 68 valence electrons. The lowest BCUT2D eigenvalue weighted by Crippen LogP contribution is -2.25. The Balaban J connectivity index is 5.12. The highest BCUT2D eigenvalue weighted by Gasteiger charge is 2.18. The van der Waals surface area contributed by atoms with Gasteiger partial charge in [0, 0.05) is 22.9 Å². The van der Waals surface area contributed by atoms with Crippen molar-refractivity contribution in [3.05, 3.63) is 11.3 Å². The van der Waals surface area contributed by atoms with Crippen LogP contribution >= 0.6 is 12.2 Å². The van der Waals surface area contributed by atoms with Crippen LogP contribution in [0.4, 0.5) is 0 Å². The van der Waals surface area contributed by atoms with E-state index in [-0.39, 0.29) is 10.4 Å². The van der Waals surface area contributed by atoms with Crippen LogP contribution in [-0.2, 0) is 0 Å². The molecule has 0 spiro atoms. The van der Waals surface area contributed by atoms with Crippen LogP contribution in [0.15, 0.2) is 11.3 Å². The Morgan fingerprint density at radius 1 is 1.33 bits per heavy atom. The Kier molecular flexibility index (Phi) is 3.39. The Hall–Kier alpha value is -0.900. The van der Waals surface area contributed by atoms with Crippen molar-refractivity contribution in [2.45, 2.75) is 20.8 Å². The number of hydrogen-bond acceptors (Lipinski definition) is 3. The van der Waals surface area contributed by atoms with Gasteiger partial charge in [-0.1, -0.05) is 33.0 Å². The monoisotopic (exact) mass is 185 g/mol. The van der Waals surface area contributed by atoms with E-state index in [4.69, 9.17) is 29.1 Å². The number of thiocarbonyl (C=S) groups is 1. The minimum atomic E-state index is -0.198. The number of nitrogens with two attached hydrogens (primary N) is 2. The molecule has 0 aromatic rings. The summed E-state index contributed by atoms with van der Waals surface area (Å²) in [4.78, 5) is 0.178. The van der Waals surface area contributed by atoms with E-state index in [1.54, 1.807) is 0 Å². The van der Waals surface area contributed by atoms with Crippen LogP contribution < -0.4 is 11.5 Å². The van der Waals surface area contributed by atoms with Crippen LogP contribution in [-0.4, -0.2) is 11.2 Å². The number of rotatable bonds is 2. The van der Waals surface area contributed by atoms with Crippen molar-refractivity contribution >= 4 is 23.4 Å². The van der Waals surface area contributed by atoms with E-state index in [0.29, 0.717) is 11.3 Å². The third-order valence-corrected chi connectivity index (χ3v) is 1.73. The van der Waals surface area contributed by atoms with Gasteiger partial charge < -0.3 is 16.9 Å². The molecule has 0 unspecified atom stereocenters. The van der Waals surface area contributed by atoms with Crippen LogP contribution in [0.5, 0.6) is 0 Å². The molecule has 0 amide bonds. The molecule has 0 fully saturated rings. The van der Waals surface area contributed by atoms with E-state index in [1.807, 2.05) is 20.8 Å². The van der Waals surface area contributed by atoms with E-state index >= 15 is 0 Å². The van der Waals surface area contributed by atoms with Crippen molar-refractivity contribution in [1.82, 2.24) is 0 Å². The zero-order valence-corrected chi connectivity index (χ0v) is 8.46. The molecule has 0 saturated heterocycles. The van der Waals surface area contributed by atoms with Gasteiger partial charge in [0.2, 0.25) is 0 Å². The Labute approximate surface area is 78.3 Å². The normalized spacial score (nSPS) is 13.6. The van der Waals surface area contributed by atoms with Gasteiger partial charge in [0.15, 0.2) is 0 Å². The smallest absolute Gasteiger partial charge is 0.107 e. The summed E-state index contributed by atoms with van der Waals surface area (Å²) in [6.45, 7) is 5.85. The van der Waals surface area contributed by atoms with Crippen LogP contribution in [0.2, 0.25) is 0 Å². The summed E-state index contributed by atoms with van der Waals surface area (Å²) in [7, 11) is 0. The maximum atomic E-state index is 7.07. The van der Waals surface area contributed by atoms with E-state index in [0.717, 1.165) is 6.21 Å². The van der Waals surface area contributed by atoms with E-state index < -0.39 is 0 Å². The molecule has 0 heterocycles. The zero-order valence-electron chi connectivity index (χ0n) is 7.64. The highest BCUT2D eigenvalue weighted by atomic mass is 32.1. The summed E-state index contributed by atoms with van der Waals surface area (Å²) in [6, 6.07) is 0. The molecule has 0 bridgehead atoms. The van der Waals surface area contributed by atoms with Crippen molar-refractivity contribution in [3.63, 3.8) is 0 Å². The number of nitrogens with one attached hydrogen (secondary N) is 1. The van der Waals surface area contributed by atoms with Gasteiger partial charge in [0.1, 0.15) is 4.99 Å². The molecule has 3 nitrogen and oxygen atoms in total. The van der Waals surface area contributed by atoms with Gasteiger partial charge in [-0.25, -0.2) is 0 Å². The zero-order chi connectivity index (χ0) is 9.94. The van der Waals surface area contributed by atoms with Crippen molar-refractivity contribution in [3.8, 4) is 0 Å². The third-order valence-electron chi connectivity index (χ3n) is 1.51. The summed E-state index contributed by atoms with van der Waals surface area (Å²) in [5.41, 5.74) is 12.0. The van der Waals surface area contributed by atoms with Crippen LogP contribution in [0.25, 0.3) is 0 Å². The molecule has 0 rings (SSSR count). The lowest BCUT2D eigenvalue weighted by atomic mass is 9.89. The fraction of sp³-hybridized carbons (Fsp3) is 0.500. The first-order valence-electron chi connectivity index (χ1n) is 3.61. The maximum absolute atomic E-state index is 7.07. The Morgan fingerprint density at radius 3 is 1.83 bits per heavy atom. The quantitative estimate of drug-likeness (QED) is 0.343. The first kappa shape index (κ1) is 11.1. The van der Waals surface area contributed by atoms with Crippen LogP contribution in [0, 0.1) is 10.8 Å². The molecule has 0 radical (unpaired) electrons. The molecule has 0 atom stereocenters. The molecule has 12 heavy (non-hydrogen) atoms. The summed E-state index contributed by atoms with van der Waals surface area (Å²) in [6.07, 6.45) is 1.10. The molecule has 0 aromatic carbocycles. The summed E-state index contributed by atoms with van der Waals surface area (Å²) >= 11 is 4.75. The molecule has 0 aromatic heterocycles. The lowest BCUT2D eigenvalue weighted by molar-refractivity contribution is 0.496. The van der Waals surface area contributed by atoms with Crippen molar-refractivity contribution < 1.29 is 0 Å². The van der Waals surface area contributed by atoms with E-state index in [2.05, 4.69) is 0 Å². The summed E-state index contributed by atoms with van der Waals surface area (Å²) in [5, 5.41) is 7.07. The van der Waals surface area contributed by atoms with E-state index in [9.17, 15) is 0 Å². The fourth-order valence-corrected chi connectivity index (χ4v) is 0.854. The molecule has 4 heteroatoms. The maximum Gasteiger partial charge on any atom is 0.107 e. The second-order valence-corrected chi connectivity index (χ2v) is 4.03. The second kappa shape index (κ2) is 3.67. The van der Waals surface area contributed by atoms with Gasteiger partial charge >= 0.3 is 0 Å². The second-order valence-electron chi connectivity index (χ2n) is 3.59. The minimum absolute atomic E-state index is 0.178. The largest absolute Gasteiger partial charge is 0.401 e. The van der Waals surface area contributed by atoms with Gasteiger partial charge in [-0.3, -0.25) is 0 Å². The third kappa shape index (κ3) is 2.62. The van der Waals surface area contributed by atoms with Gasteiger partial charge in [0.05, 0.1) is 0 Å². The predicted molar refractivity (Wildman–Crippen MR) is 56.2 cm³/mol. The molecular weight excluding hydrogens is 170 g/mol. The average molecular weight is 185 g/mol. The number of allylic oxidation sites excluding steroid dienone is 1. The Bertz CT molecular complexity index is 235. The molecule has 0 saturated carbocycles. The fourth-order valence-electron chi connectivity index (χ4n) is 0.686. The molecule has 0 aliphatic heterocycles.